The molecule has 11 heavy (non-hydrogen) atoms. The maximum absolute atomic E-state index is 10.5. The molecule has 0 fully saturated rings. The third kappa shape index (κ3) is 4.32. The van der Waals surface area contributed by atoms with Crippen LogP contribution in [0.2, 0.25) is 0 Å². The van der Waals surface area contributed by atoms with Gasteiger partial charge in [-0.05, 0) is 0 Å². The minimum absolute atomic E-state index is 0.151. The molecule has 0 saturated heterocycles. The van der Waals surface area contributed by atoms with Gasteiger partial charge in [0.05, 0.1) is 13.7 Å². The molecule has 0 aliphatic rings. The first-order valence-corrected chi connectivity index (χ1v) is 3.03. The van der Waals surface area contributed by atoms with E-state index in [1.54, 1.807) is 0 Å². The topological polar surface area (TPSA) is 64.6 Å². The Morgan fingerprint density at radius 1 is 1.64 bits per heavy atom. The van der Waals surface area contributed by atoms with Crippen molar-refractivity contribution in [2.75, 3.05) is 20.8 Å². The molecule has 5 heteroatoms. The predicted octanol–water partition coefficient (Wildman–Crippen LogP) is -0.444. The van der Waals surface area contributed by atoms with Crippen molar-refractivity contribution in [2.24, 2.45) is 0 Å². The molecular weight excluding hydrogens is 150 g/mol. The molecule has 0 aromatic carbocycles. The van der Waals surface area contributed by atoms with Gasteiger partial charge in [-0.15, -0.1) is 0 Å². The molecule has 0 rings (SSSR count). The Morgan fingerprint density at radius 2 is 2.27 bits per heavy atom. The predicted molar refractivity (Wildman–Crippen MR) is 37.3 cm³/mol. The summed E-state index contributed by atoms with van der Waals surface area (Å²) in [7, 11) is 2.67. The normalized spacial score (nSPS) is 11.8. The number of rotatable bonds is 4. The fourth-order valence-electron chi connectivity index (χ4n) is 0.505. The molecule has 0 saturated carbocycles. The first-order valence-electron chi connectivity index (χ1n) is 3.03. The van der Waals surface area contributed by atoms with Crippen molar-refractivity contribution < 1.29 is 19.1 Å². The monoisotopic (exact) mass is 161 g/mol. The summed E-state index contributed by atoms with van der Waals surface area (Å²) in [6.45, 7) is 0.151. The van der Waals surface area contributed by atoms with E-state index in [4.69, 9.17) is 0 Å². The number of alkyl carbamates (subject to hydrolysis) is 1. The van der Waals surface area contributed by atoms with Gasteiger partial charge in [0.15, 0.2) is 0 Å². The Bertz CT molecular complexity index is 137. The molecule has 1 unspecified atom stereocenters. The summed E-state index contributed by atoms with van der Waals surface area (Å²) in [6, 6.07) is -0.632. The molecular formula is C6H11NO4. The van der Waals surface area contributed by atoms with Crippen LogP contribution < -0.4 is 5.32 Å². The van der Waals surface area contributed by atoms with E-state index >= 15 is 0 Å². The molecule has 0 aliphatic carbocycles. The number of methoxy groups -OCH3 is 2. The first kappa shape index (κ1) is 9.90. The second kappa shape index (κ2) is 5.67. The molecule has 1 N–H and O–H groups in total. The number of hydrogen-bond acceptors (Lipinski definition) is 4. The number of ether oxygens (including phenoxy) is 2. The Morgan fingerprint density at radius 3 is 2.64 bits per heavy atom. The molecule has 0 bridgehead atoms. The highest BCUT2D eigenvalue weighted by Gasteiger charge is 2.09. The lowest BCUT2D eigenvalue weighted by molar-refractivity contribution is -0.110. The lowest BCUT2D eigenvalue weighted by Gasteiger charge is -2.09. The molecule has 0 radical (unpaired) electrons. The second-order valence-electron chi connectivity index (χ2n) is 1.83. The maximum atomic E-state index is 10.5. The van der Waals surface area contributed by atoms with Gasteiger partial charge in [-0.2, -0.15) is 0 Å². The van der Waals surface area contributed by atoms with Crippen LogP contribution in [0.1, 0.15) is 0 Å². The van der Waals surface area contributed by atoms with Gasteiger partial charge in [0, 0.05) is 7.11 Å². The highest BCUT2D eigenvalue weighted by atomic mass is 16.5. The van der Waals surface area contributed by atoms with Crippen LogP contribution in [0, 0.1) is 0 Å². The SMILES string of the molecule is COCC(C=O)NC(=O)OC. The third-order valence-corrected chi connectivity index (χ3v) is 0.999. The first-order chi connectivity index (χ1) is 5.24. The zero-order valence-electron chi connectivity index (χ0n) is 6.49. The van der Waals surface area contributed by atoms with E-state index in [1.165, 1.54) is 14.2 Å². The fourth-order valence-corrected chi connectivity index (χ4v) is 0.505. The van der Waals surface area contributed by atoms with Crippen LogP contribution in [0.4, 0.5) is 4.79 Å². The van der Waals surface area contributed by atoms with Crippen LogP contribution in [0.3, 0.4) is 0 Å². The Kier molecular flexibility index (Phi) is 5.10. The van der Waals surface area contributed by atoms with Gasteiger partial charge in [-0.3, -0.25) is 0 Å². The molecule has 0 aliphatic heterocycles. The van der Waals surface area contributed by atoms with Crippen LogP contribution in [-0.2, 0) is 14.3 Å². The van der Waals surface area contributed by atoms with Crippen LogP contribution in [0.15, 0.2) is 0 Å². The third-order valence-electron chi connectivity index (χ3n) is 0.999. The number of amides is 1. The minimum Gasteiger partial charge on any atom is -0.453 e. The fraction of sp³-hybridized carbons (Fsp3) is 0.667. The van der Waals surface area contributed by atoms with Crippen molar-refractivity contribution in [3.8, 4) is 0 Å². The smallest absolute Gasteiger partial charge is 0.407 e. The van der Waals surface area contributed by atoms with Gasteiger partial charge in [-0.25, -0.2) is 4.79 Å². The molecule has 64 valence electrons. The summed E-state index contributed by atoms with van der Waals surface area (Å²) in [4.78, 5) is 20.7. The van der Waals surface area contributed by atoms with Crippen LogP contribution in [0.5, 0.6) is 0 Å². The van der Waals surface area contributed by atoms with E-state index in [0.717, 1.165) is 0 Å². The van der Waals surface area contributed by atoms with E-state index in [2.05, 4.69) is 14.8 Å². The highest BCUT2D eigenvalue weighted by Crippen LogP contribution is 1.81. The number of aldehydes is 1. The molecule has 1 amide bonds. The van der Waals surface area contributed by atoms with Gasteiger partial charge in [0.2, 0.25) is 0 Å². The van der Waals surface area contributed by atoms with Crippen LogP contribution >= 0.6 is 0 Å². The number of carbonyl (C=O) groups is 2. The van der Waals surface area contributed by atoms with Gasteiger partial charge in [0.1, 0.15) is 12.3 Å². The van der Waals surface area contributed by atoms with E-state index in [1.807, 2.05) is 0 Å². The van der Waals surface area contributed by atoms with Crippen molar-refractivity contribution in [2.45, 2.75) is 6.04 Å². The van der Waals surface area contributed by atoms with E-state index in [0.29, 0.717) is 6.29 Å². The van der Waals surface area contributed by atoms with Gasteiger partial charge < -0.3 is 19.6 Å². The van der Waals surface area contributed by atoms with E-state index in [9.17, 15) is 9.59 Å². The minimum atomic E-state index is -0.640. The largest absolute Gasteiger partial charge is 0.453 e. The van der Waals surface area contributed by atoms with Gasteiger partial charge in [-0.1, -0.05) is 0 Å². The molecule has 0 heterocycles. The highest BCUT2D eigenvalue weighted by molar-refractivity contribution is 5.72. The standard InChI is InChI=1S/C6H11NO4/c1-10-4-5(3-8)7-6(9)11-2/h3,5H,4H2,1-2H3,(H,7,9). The van der Waals surface area contributed by atoms with Crippen molar-refractivity contribution in [1.29, 1.82) is 0 Å². The van der Waals surface area contributed by atoms with Crippen molar-refractivity contribution in [3.05, 3.63) is 0 Å². The van der Waals surface area contributed by atoms with Crippen LogP contribution in [0.25, 0.3) is 0 Å². The summed E-state index contributed by atoms with van der Waals surface area (Å²) >= 11 is 0. The average molecular weight is 161 g/mol. The number of carbonyl (C=O) groups excluding carboxylic acids is 2. The summed E-state index contributed by atoms with van der Waals surface area (Å²) in [6.07, 6.45) is -0.0559. The molecule has 0 aromatic heterocycles. The Labute approximate surface area is 64.7 Å². The molecule has 1 atom stereocenters. The van der Waals surface area contributed by atoms with Gasteiger partial charge in [0.25, 0.3) is 0 Å². The van der Waals surface area contributed by atoms with Crippen molar-refractivity contribution in [1.82, 2.24) is 5.32 Å². The zero-order chi connectivity index (χ0) is 8.69. The summed E-state index contributed by atoms with van der Waals surface area (Å²) in [5.41, 5.74) is 0. The quantitative estimate of drug-likeness (QED) is 0.567. The van der Waals surface area contributed by atoms with Gasteiger partial charge >= 0.3 is 6.09 Å². The zero-order valence-corrected chi connectivity index (χ0v) is 6.49. The Balaban J connectivity index is 3.67. The average Bonchev–Trinajstić information content (AvgIpc) is 2.03. The lowest BCUT2D eigenvalue weighted by Crippen LogP contribution is -2.38. The summed E-state index contributed by atoms with van der Waals surface area (Å²) in [5, 5.41) is 2.26. The number of hydrogen-bond donors (Lipinski definition) is 1. The maximum Gasteiger partial charge on any atom is 0.407 e. The second-order valence-corrected chi connectivity index (χ2v) is 1.83. The molecule has 5 nitrogen and oxygen atoms in total. The van der Waals surface area contributed by atoms with Crippen molar-refractivity contribution in [3.63, 3.8) is 0 Å². The van der Waals surface area contributed by atoms with Crippen LogP contribution in [-0.4, -0.2) is 39.2 Å². The van der Waals surface area contributed by atoms with E-state index < -0.39 is 12.1 Å². The summed E-state index contributed by atoms with van der Waals surface area (Å²) in [5.74, 6) is 0. The number of nitrogens with one attached hydrogen (secondary N) is 1. The van der Waals surface area contributed by atoms with Crippen molar-refractivity contribution >= 4 is 12.4 Å². The molecule has 0 spiro atoms. The summed E-state index contributed by atoms with van der Waals surface area (Å²) < 4.78 is 8.90. The lowest BCUT2D eigenvalue weighted by atomic mass is 10.4. The Hall–Kier alpha value is -1.10. The molecule has 0 aromatic rings. The van der Waals surface area contributed by atoms with E-state index in [-0.39, 0.29) is 6.61 Å².